The molecule has 0 aromatic rings. The maximum Gasteiger partial charge on any atom is 0.138 e. The zero-order chi connectivity index (χ0) is 6.78. The molecule has 2 heteroatoms. The van der Waals surface area contributed by atoms with Crippen LogP contribution in [0.5, 0.6) is 0 Å². The number of hydrogen-bond donors (Lipinski definition) is 0. The number of hydrogen-bond acceptors (Lipinski definition) is 1. The van der Waals surface area contributed by atoms with Gasteiger partial charge in [0.25, 0.3) is 0 Å². The lowest BCUT2D eigenvalue weighted by Gasteiger charge is -2.19. The van der Waals surface area contributed by atoms with Crippen molar-refractivity contribution in [1.29, 1.82) is 0 Å². The summed E-state index contributed by atoms with van der Waals surface area (Å²) in [6.45, 7) is 5.79. The fraction of sp³-hybridized carbons (Fsp3) is 0.833. The molecule has 0 spiro atoms. The van der Waals surface area contributed by atoms with Gasteiger partial charge >= 0.3 is 0 Å². The van der Waals surface area contributed by atoms with Gasteiger partial charge in [-0.3, -0.25) is 0 Å². The van der Waals surface area contributed by atoms with E-state index < -0.39 is 0 Å². The van der Waals surface area contributed by atoms with Crippen molar-refractivity contribution in [3.05, 3.63) is 0 Å². The fourth-order valence-corrected chi connectivity index (χ4v) is 0.204. The zero-order valence-corrected chi connectivity index (χ0v) is 6.20. The molecule has 0 aromatic heterocycles. The quantitative estimate of drug-likeness (QED) is 0.395. The minimum atomic E-state index is -0.359. The molecule has 1 nitrogen and oxygen atoms in total. The monoisotopic (exact) mass is 134 g/mol. The lowest BCUT2D eigenvalue weighted by atomic mass is 9.93. The lowest BCUT2D eigenvalue weighted by molar-refractivity contribution is -0.108. The molecular formula is C6H11ClO. The summed E-state index contributed by atoms with van der Waals surface area (Å²) in [5, 5.41) is -0.359. The van der Waals surface area contributed by atoms with E-state index >= 15 is 0 Å². The summed E-state index contributed by atoms with van der Waals surface area (Å²) >= 11 is 5.57. The molecule has 0 saturated carbocycles. The van der Waals surface area contributed by atoms with Crippen molar-refractivity contribution >= 4 is 17.9 Å². The molecule has 0 aromatic carbocycles. The van der Waals surface area contributed by atoms with Crippen molar-refractivity contribution in [2.24, 2.45) is 5.41 Å². The van der Waals surface area contributed by atoms with Crippen LogP contribution in [0.4, 0.5) is 0 Å². The van der Waals surface area contributed by atoms with Crippen molar-refractivity contribution in [3.63, 3.8) is 0 Å². The Bertz CT molecular complexity index is 83.0. The van der Waals surface area contributed by atoms with Crippen molar-refractivity contribution in [3.8, 4) is 0 Å². The molecule has 0 amide bonds. The summed E-state index contributed by atoms with van der Waals surface area (Å²) in [6, 6.07) is 0. The zero-order valence-electron chi connectivity index (χ0n) is 5.44. The molecule has 0 bridgehead atoms. The van der Waals surface area contributed by atoms with E-state index in [0.29, 0.717) is 0 Å². The molecule has 0 aliphatic heterocycles. The molecule has 48 valence electrons. The van der Waals surface area contributed by atoms with Gasteiger partial charge in [0.2, 0.25) is 0 Å². The van der Waals surface area contributed by atoms with Crippen LogP contribution in [0, 0.1) is 5.41 Å². The van der Waals surface area contributed by atoms with Gasteiger partial charge in [-0.05, 0) is 5.41 Å². The van der Waals surface area contributed by atoms with Crippen molar-refractivity contribution in [1.82, 2.24) is 0 Å². The highest BCUT2D eigenvalue weighted by Gasteiger charge is 2.20. The molecule has 8 heavy (non-hydrogen) atoms. The number of carbonyl (C=O) groups excluding carboxylic acids is 1. The van der Waals surface area contributed by atoms with E-state index in [1.165, 1.54) is 0 Å². The first-order valence-corrected chi connectivity index (χ1v) is 3.01. The molecule has 0 saturated heterocycles. The highest BCUT2D eigenvalue weighted by Crippen LogP contribution is 2.21. The van der Waals surface area contributed by atoms with E-state index in [0.717, 1.165) is 6.29 Å². The second-order valence-electron chi connectivity index (χ2n) is 2.90. The number of carbonyl (C=O) groups is 1. The van der Waals surface area contributed by atoms with Gasteiger partial charge in [-0.2, -0.15) is 0 Å². The SMILES string of the molecule is CC(C)(C)[C@H](Cl)C=O. The molecule has 1 atom stereocenters. The molecule has 0 rings (SSSR count). The van der Waals surface area contributed by atoms with E-state index in [1.54, 1.807) is 0 Å². The maximum absolute atomic E-state index is 10.0. The first-order valence-electron chi connectivity index (χ1n) is 2.58. The van der Waals surface area contributed by atoms with Crippen LogP contribution in [0.2, 0.25) is 0 Å². The maximum atomic E-state index is 10.0. The first kappa shape index (κ1) is 7.96. The third-order valence-electron chi connectivity index (χ3n) is 0.947. The van der Waals surface area contributed by atoms with Crippen molar-refractivity contribution in [2.75, 3.05) is 0 Å². The van der Waals surface area contributed by atoms with Gasteiger partial charge in [-0.15, -0.1) is 11.6 Å². The van der Waals surface area contributed by atoms with Crippen LogP contribution in [-0.4, -0.2) is 11.7 Å². The van der Waals surface area contributed by atoms with E-state index in [2.05, 4.69) is 0 Å². The summed E-state index contributed by atoms with van der Waals surface area (Å²) in [4.78, 5) is 10.0. The average Bonchev–Trinajstić information content (AvgIpc) is 1.62. The van der Waals surface area contributed by atoms with E-state index in [4.69, 9.17) is 11.6 Å². The normalized spacial score (nSPS) is 15.5. The minimum Gasteiger partial charge on any atom is -0.302 e. The summed E-state index contributed by atoms with van der Waals surface area (Å²) in [5.74, 6) is 0. The number of aldehydes is 1. The van der Waals surface area contributed by atoms with Gasteiger partial charge in [0, 0.05) is 0 Å². The van der Waals surface area contributed by atoms with Gasteiger partial charge < -0.3 is 4.79 Å². The Morgan fingerprint density at radius 2 is 1.88 bits per heavy atom. The predicted molar refractivity (Wildman–Crippen MR) is 35.2 cm³/mol. The summed E-state index contributed by atoms with van der Waals surface area (Å²) in [6.07, 6.45) is 0.765. The Kier molecular flexibility index (Phi) is 2.48. The topological polar surface area (TPSA) is 17.1 Å². The Labute approximate surface area is 55.0 Å². The number of halogens is 1. The second-order valence-corrected chi connectivity index (χ2v) is 3.37. The fourth-order valence-electron chi connectivity index (χ4n) is 0.204. The number of alkyl halides is 1. The third kappa shape index (κ3) is 2.31. The van der Waals surface area contributed by atoms with Gasteiger partial charge in [0.1, 0.15) is 6.29 Å². The molecule has 0 radical (unpaired) electrons. The van der Waals surface area contributed by atoms with E-state index in [-0.39, 0.29) is 10.8 Å². The minimum absolute atomic E-state index is 0.0939. The van der Waals surface area contributed by atoms with Gasteiger partial charge in [0.05, 0.1) is 5.38 Å². The van der Waals surface area contributed by atoms with Crippen LogP contribution in [0.15, 0.2) is 0 Å². The summed E-state index contributed by atoms with van der Waals surface area (Å²) < 4.78 is 0. The smallest absolute Gasteiger partial charge is 0.138 e. The van der Waals surface area contributed by atoms with Crippen LogP contribution < -0.4 is 0 Å². The summed E-state index contributed by atoms with van der Waals surface area (Å²) in [7, 11) is 0. The van der Waals surface area contributed by atoms with Crippen LogP contribution in [0.3, 0.4) is 0 Å². The highest BCUT2D eigenvalue weighted by molar-refractivity contribution is 6.28. The van der Waals surface area contributed by atoms with Crippen LogP contribution >= 0.6 is 11.6 Å². The lowest BCUT2D eigenvalue weighted by Crippen LogP contribution is -2.21. The molecule has 0 heterocycles. The molecule has 0 aliphatic rings. The Hall–Kier alpha value is -0.0400. The predicted octanol–water partition coefficient (Wildman–Crippen LogP) is 1.84. The molecular weight excluding hydrogens is 124 g/mol. The Morgan fingerprint density at radius 3 is 1.88 bits per heavy atom. The summed E-state index contributed by atoms with van der Waals surface area (Å²) in [5.41, 5.74) is -0.0939. The van der Waals surface area contributed by atoms with Gasteiger partial charge in [-0.25, -0.2) is 0 Å². The Balaban J connectivity index is 3.80. The van der Waals surface area contributed by atoms with Crippen molar-refractivity contribution in [2.45, 2.75) is 26.1 Å². The average molecular weight is 135 g/mol. The van der Waals surface area contributed by atoms with Crippen molar-refractivity contribution < 1.29 is 4.79 Å². The third-order valence-corrected chi connectivity index (χ3v) is 1.70. The van der Waals surface area contributed by atoms with Crippen LogP contribution in [0.1, 0.15) is 20.8 Å². The largest absolute Gasteiger partial charge is 0.302 e. The molecule has 0 N–H and O–H groups in total. The van der Waals surface area contributed by atoms with Gasteiger partial charge in [-0.1, -0.05) is 20.8 Å². The molecule has 0 aliphatic carbocycles. The molecule has 0 unspecified atom stereocenters. The first-order chi connectivity index (χ1) is 3.48. The standard InChI is InChI=1S/C6H11ClO/c1-6(2,3)5(7)4-8/h4-5H,1-3H3/t5-/m1/s1. The highest BCUT2D eigenvalue weighted by atomic mass is 35.5. The Morgan fingerprint density at radius 1 is 1.50 bits per heavy atom. The second kappa shape index (κ2) is 2.49. The van der Waals surface area contributed by atoms with Gasteiger partial charge in [0.15, 0.2) is 0 Å². The number of rotatable bonds is 1. The van der Waals surface area contributed by atoms with Crippen LogP contribution in [0.25, 0.3) is 0 Å². The van der Waals surface area contributed by atoms with Crippen LogP contribution in [-0.2, 0) is 4.79 Å². The molecule has 0 fully saturated rings. The van der Waals surface area contributed by atoms with E-state index in [1.807, 2.05) is 20.8 Å². The van der Waals surface area contributed by atoms with E-state index in [9.17, 15) is 4.79 Å².